The number of hydrogen-bond donors (Lipinski definition) is 2. The lowest BCUT2D eigenvalue weighted by molar-refractivity contribution is -0.146. The number of nitrogens with zero attached hydrogens (tertiary/aromatic N) is 2. The highest BCUT2D eigenvalue weighted by Crippen LogP contribution is 2.33. The van der Waals surface area contributed by atoms with E-state index >= 15 is 0 Å². The van der Waals surface area contributed by atoms with E-state index < -0.39 is 11.7 Å². The molecule has 3 aromatic rings. The average molecular weight is 425 g/mol. The number of rotatable bonds is 4. The molecule has 7 nitrogen and oxygen atoms in total. The average Bonchev–Trinajstić information content (AvgIpc) is 3.15. The third-order valence-corrected chi connectivity index (χ3v) is 5.87. The number of ether oxygens (including phenoxy) is 1. The van der Waals surface area contributed by atoms with Crippen molar-refractivity contribution in [1.82, 2.24) is 9.55 Å². The van der Waals surface area contributed by atoms with Crippen molar-refractivity contribution >= 4 is 22.9 Å². The fourth-order valence-corrected chi connectivity index (χ4v) is 4.22. The number of aromatic nitrogens is 2. The Morgan fingerprint density at radius 3 is 2.52 bits per heavy atom. The summed E-state index contributed by atoms with van der Waals surface area (Å²) in [5, 5.41) is 9.57. The number of nitrogens with one attached hydrogen (secondary N) is 1. The number of fused-ring (bicyclic) bond motifs is 1. The van der Waals surface area contributed by atoms with E-state index in [-0.39, 0.29) is 30.1 Å². The maximum Gasteiger partial charge on any atom is 0.308 e. The van der Waals surface area contributed by atoms with E-state index in [0.717, 1.165) is 29.4 Å². The smallest absolute Gasteiger partial charge is 0.308 e. The summed E-state index contributed by atoms with van der Waals surface area (Å²) in [6, 6.07) is 10.8. The lowest BCUT2D eigenvalue weighted by Crippen LogP contribution is -2.30. The Labute approximate surface area is 178 Å². The van der Waals surface area contributed by atoms with Crippen molar-refractivity contribution in [2.75, 3.05) is 7.11 Å². The van der Waals surface area contributed by atoms with Gasteiger partial charge in [-0.15, -0.1) is 0 Å². The summed E-state index contributed by atoms with van der Waals surface area (Å²) in [6.45, 7) is -0.100. The Kier molecular flexibility index (Phi) is 5.99. The van der Waals surface area contributed by atoms with Gasteiger partial charge in [0.2, 0.25) is 5.62 Å². The second kappa shape index (κ2) is 8.85. The lowest BCUT2D eigenvalue weighted by atomic mass is 9.86. The van der Waals surface area contributed by atoms with Crippen LogP contribution in [0, 0.1) is 11.7 Å². The van der Waals surface area contributed by atoms with Gasteiger partial charge in [0.25, 0.3) is 5.91 Å². The highest BCUT2D eigenvalue weighted by atomic mass is 19.1. The van der Waals surface area contributed by atoms with Gasteiger partial charge in [-0.05, 0) is 67.6 Å². The van der Waals surface area contributed by atoms with Gasteiger partial charge in [-0.3, -0.25) is 9.59 Å². The number of halogens is 1. The molecule has 8 heteroatoms. The third-order valence-electron chi connectivity index (χ3n) is 5.87. The number of esters is 1. The van der Waals surface area contributed by atoms with Crippen molar-refractivity contribution in [2.45, 2.75) is 38.3 Å². The zero-order chi connectivity index (χ0) is 22.0. The zero-order valence-corrected chi connectivity index (χ0v) is 17.2. The molecule has 2 aromatic carbocycles. The van der Waals surface area contributed by atoms with E-state index in [0.29, 0.717) is 18.5 Å². The van der Waals surface area contributed by atoms with Crippen LogP contribution in [0.25, 0.3) is 11.0 Å². The number of H-pyrrole nitrogens is 1. The van der Waals surface area contributed by atoms with Gasteiger partial charge in [-0.2, -0.15) is 4.99 Å². The van der Waals surface area contributed by atoms with E-state index in [2.05, 4.69) is 9.98 Å². The number of aliphatic hydroxyl groups is 1. The standard InChI is InChI=1S/C23H24FN3O4/c1-31-22(30)16-5-9-18(10-6-16)27-20-12-14(13-28)2-11-19(20)25-23(27)26-21(29)15-3-7-17(24)8-4-15/h2-4,7-8,11-12,16,18,28H,5-6,9-10,13H2,1H3,(H,25,26,29)/t16-,18+. The van der Waals surface area contributed by atoms with Crippen LogP contribution in [0.2, 0.25) is 0 Å². The van der Waals surface area contributed by atoms with Crippen molar-refractivity contribution < 1.29 is 23.8 Å². The summed E-state index contributed by atoms with van der Waals surface area (Å²) in [5.74, 6) is -1.22. The molecule has 4 rings (SSSR count). The van der Waals surface area contributed by atoms with Crippen LogP contribution in [0.5, 0.6) is 0 Å². The molecule has 162 valence electrons. The molecule has 1 aliphatic carbocycles. The number of carbonyl (C=O) groups is 2. The molecule has 0 saturated heterocycles. The molecular formula is C23H24FN3O4. The Balaban J connectivity index is 1.76. The molecule has 31 heavy (non-hydrogen) atoms. The molecular weight excluding hydrogens is 401 g/mol. The fourth-order valence-electron chi connectivity index (χ4n) is 4.22. The van der Waals surface area contributed by atoms with Crippen LogP contribution in [0.1, 0.15) is 47.6 Å². The second-order valence-corrected chi connectivity index (χ2v) is 7.78. The van der Waals surface area contributed by atoms with Crippen LogP contribution in [0.4, 0.5) is 4.39 Å². The summed E-state index contributed by atoms with van der Waals surface area (Å²) in [7, 11) is 1.40. The van der Waals surface area contributed by atoms with Gasteiger partial charge in [0.1, 0.15) is 5.82 Å². The molecule has 0 atom stereocenters. The number of carbonyl (C=O) groups excluding carboxylic acids is 2. The minimum atomic E-state index is -0.481. The summed E-state index contributed by atoms with van der Waals surface area (Å²) in [4.78, 5) is 32.1. The largest absolute Gasteiger partial charge is 0.469 e. The normalized spacial score (nSPS) is 19.5. The Hall–Kier alpha value is -3.26. The molecule has 1 amide bonds. The number of hydrogen-bond acceptors (Lipinski definition) is 4. The van der Waals surface area contributed by atoms with Crippen molar-refractivity contribution in [3.63, 3.8) is 0 Å². The van der Waals surface area contributed by atoms with Gasteiger partial charge in [0.15, 0.2) is 0 Å². The van der Waals surface area contributed by atoms with Crippen molar-refractivity contribution in [3.05, 3.63) is 65.0 Å². The monoisotopic (exact) mass is 425 g/mol. The molecule has 0 unspecified atom stereocenters. The highest BCUT2D eigenvalue weighted by Gasteiger charge is 2.29. The third kappa shape index (κ3) is 4.29. The van der Waals surface area contributed by atoms with E-state index in [9.17, 15) is 19.1 Å². The topological polar surface area (TPSA) is 96.7 Å². The van der Waals surface area contributed by atoms with Gasteiger partial charge >= 0.3 is 5.97 Å². The van der Waals surface area contributed by atoms with E-state index in [1.54, 1.807) is 0 Å². The first-order valence-electron chi connectivity index (χ1n) is 10.3. The van der Waals surface area contributed by atoms with Gasteiger partial charge < -0.3 is 19.4 Å². The first kappa shape index (κ1) is 21.0. The lowest BCUT2D eigenvalue weighted by Gasteiger charge is -2.28. The Morgan fingerprint density at radius 2 is 1.87 bits per heavy atom. The molecule has 0 aliphatic heterocycles. The second-order valence-electron chi connectivity index (χ2n) is 7.78. The van der Waals surface area contributed by atoms with Crippen molar-refractivity contribution in [1.29, 1.82) is 0 Å². The molecule has 1 aromatic heterocycles. The van der Waals surface area contributed by atoms with Crippen LogP contribution in [-0.4, -0.2) is 33.6 Å². The molecule has 0 spiro atoms. The SMILES string of the molecule is COC(=O)[C@H]1CC[C@@H](n2/c(=N/C(=O)c3ccc(F)cc3)[nH]c3ccc(CO)cc32)CC1. The van der Waals surface area contributed by atoms with Crippen LogP contribution in [-0.2, 0) is 16.1 Å². The van der Waals surface area contributed by atoms with Gasteiger partial charge in [-0.25, -0.2) is 4.39 Å². The summed E-state index contributed by atoms with van der Waals surface area (Å²) in [5.41, 5.74) is 3.05. The molecule has 0 radical (unpaired) electrons. The summed E-state index contributed by atoms with van der Waals surface area (Å²) >= 11 is 0. The number of imidazole rings is 1. The summed E-state index contributed by atoms with van der Waals surface area (Å²) < 4.78 is 20.1. The number of amides is 1. The van der Waals surface area contributed by atoms with Crippen LogP contribution >= 0.6 is 0 Å². The Bertz CT molecular complexity index is 1170. The van der Waals surface area contributed by atoms with Crippen molar-refractivity contribution in [3.8, 4) is 0 Å². The predicted molar refractivity (Wildman–Crippen MR) is 112 cm³/mol. The van der Waals surface area contributed by atoms with Crippen LogP contribution < -0.4 is 5.62 Å². The molecule has 0 bridgehead atoms. The maximum atomic E-state index is 13.2. The van der Waals surface area contributed by atoms with Crippen molar-refractivity contribution in [2.24, 2.45) is 10.9 Å². The highest BCUT2D eigenvalue weighted by molar-refractivity contribution is 5.94. The van der Waals surface area contributed by atoms with Crippen LogP contribution in [0.3, 0.4) is 0 Å². The first-order valence-corrected chi connectivity index (χ1v) is 10.3. The number of aliphatic hydroxyl groups excluding tert-OH is 1. The molecule has 1 heterocycles. The van der Waals surface area contributed by atoms with E-state index in [1.807, 2.05) is 22.8 Å². The maximum absolute atomic E-state index is 13.2. The van der Waals surface area contributed by atoms with Crippen LogP contribution in [0.15, 0.2) is 47.5 Å². The van der Waals surface area contributed by atoms with E-state index in [4.69, 9.17) is 4.74 Å². The fraction of sp³-hybridized carbons (Fsp3) is 0.348. The predicted octanol–water partition coefficient (Wildman–Crippen LogP) is 3.25. The quantitative estimate of drug-likeness (QED) is 0.627. The van der Waals surface area contributed by atoms with Gasteiger partial charge in [0, 0.05) is 11.6 Å². The summed E-state index contributed by atoms with van der Waals surface area (Å²) in [6.07, 6.45) is 2.83. The first-order chi connectivity index (χ1) is 15.0. The molecule has 2 N–H and O–H groups in total. The molecule has 1 fully saturated rings. The Morgan fingerprint density at radius 1 is 1.16 bits per heavy atom. The molecule has 1 saturated carbocycles. The number of methoxy groups -OCH3 is 1. The minimum absolute atomic E-state index is 0.0309. The molecule has 1 aliphatic rings. The van der Waals surface area contributed by atoms with Gasteiger partial charge in [-0.1, -0.05) is 6.07 Å². The zero-order valence-electron chi connectivity index (χ0n) is 17.2. The number of benzene rings is 2. The number of aromatic amines is 1. The van der Waals surface area contributed by atoms with E-state index in [1.165, 1.54) is 31.4 Å². The minimum Gasteiger partial charge on any atom is -0.469 e. The van der Waals surface area contributed by atoms with Gasteiger partial charge in [0.05, 0.1) is 30.7 Å².